The molecule has 1 heterocycles. The molecule has 24 heavy (non-hydrogen) atoms. The summed E-state index contributed by atoms with van der Waals surface area (Å²) in [6, 6.07) is 2.58. The van der Waals surface area contributed by atoms with E-state index < -0.39 is 0 Å². The first-order valence-corrected chi connectivity index (χ1v) is 8.94. The highest BCUT2D eigenvalue weighted by molar-refractivity contribution is 14.0. The van der Waals surface area contributed by atoms with Crippen molar-refractivity contribution in [3.05, 3.63) is 17.5 Å². The van der Waals surface area contributed by atoms with Crippen LogP contribution in [0.2, 0.25) is 0 Å². The number of nitrogens with zero attached hydrogens (tertiary/aromatic N) is 3. The first-order chi connectivity index (χ1) is 11.0. The van der Waals surface area contributed by atoms with E-state index in [-0.39, 0.29) is 24.0 Å². The summed E-state index contributed by atoms with van der Waals surface area (Å²) >= 11 is 0. The van der Waals surface area contributed by atoms with Crippen molar-refractivity contribution < 1.29 is 0 Å². The summed E-state index contributed by atoms with van der Waals surface area (Å²) in [4.78, 5) is 4.33. The molecule has 0 aliphatic heterocycles. The molecule has 2 atom stereocenters. The lowest BCUT2D eigenvalue weighted by atomic mass is 10.1. The van der Waals surface area contributed by atoms with Crippen molar-refractivity contribution in [2.75, 3.05) is 13.6 Å². The van der Waals surface area contributed by atoms with Gasteiger partial charge in [0, 0.05) is 31.9 Å². The van der Waals surface area contributed by atoms with Gasteiger partial charge in [0.15, 0.2) is 5.96 Å². The van der Waals surface area contributed by atoms with Crippen LogP contribution in [-0.4, -0.2) is 35.4 Å². The summed E-state index contributed by atoms with van der Waals surface area (Å²) in [5.74, 6) is 1.39. The van der Waals surface area contributed by atoms with E-state index in [1.165, 1.54) is 31.4 Å². The van der Waals surface area contributed by atoms with Crippen LogP contribution in [0.1, 0.15) is 57.8 Å². The third-order valence-electron chi connectivity index (χ3n) is 4.05. The largest absolute Gasteiger partial charge is 0.356 e. The van der Waals surface area contributed by atoms with Gasteiger partial charge in [0.05, 0.1) is 5.69 Å². The Morgan fingerprint density at radius 1 is 1.29 bits per heavy atom. The summed E-state index contributed by atoms with van der Waals surface area (Å²) in [6.45, 7) is 12.7. The average molecular weight is 449 g/mol. The van der Waals surface area contributed by atoms with Crippen LogP contribution in [0.15, 0.2) is 11.1 Å². The van der Waals surface area contributed by atoms with Crippen LogP contribution in [0.25, 0.3) is 0 Å². The molecule has 2 unspecified atom stereocenters. The Bertz CT molecular complexity index is 484. The Balaban J connectivity index is 0.00000529. The van der Waals surface area contributed by atoms with Crippen molar-refractivity contribution in [3.8, 4) is 0 Å². The van der Waals surface area contributed by atoms with Crippen molar-refractivity contribution >= 4 is 29.9 Å². The number of halogens is 1. The Morgan fingerprint density at radius 2 is 2.00 bits per heavy atom. The lowest BCUT2D eigenvalue weighted by Crippen LogP contribution is -2.44. The van der Waals surface area contributed by atoms with Gasteiger partial charge in [0.1, 0.15) is 0 Å². The highest BCUT2D eigenvalue weighted by Gasteiger charge is 2.09. The van der Waals surface area contributed by atoms with E-state index >= 15 is 0 Å². The van der Waals surface area contributed by atoms with Gasteiger partial charge in [-0.2, -0.15) is 5.10 Å². The number of guanidine groups is 1. The number of hydrogen-bond donors (Lipinski definition) is 2. The van der Waals surface area contributed by atoms with E-state index in [1.54, 1.807) is 0 Å². The molecular formula is C18H36IN5. The highest BCUT2D eigenvalue weighted by Crippen LogP contribution is 2.06. The number of rotatable bonds is 9. The van der Waals surface area contributed by atoms with E-state index in [0.717, 1.165) is 24.7 Å². The number of hydrogen-bond acceptors (Lipinski definition) is 2. The molecule has 0 aliphatic rings. The van der Waals surface area contributed by atoms with Gasteiger partial charge in [-0.3, -0.25) is 9.67 Å². The molecule has 2 N–H and O–H groups in total. The lowest BCUT2D eigenvalue weighted by molar-refractivity contribution is 0.434. The standard InChI is InChI=1S/C18H35N5.HI/c1-7-8-9-10-15(3)21-18(19-6)20-12-14(2)13-23-17(5)11-16(4)22-23;/h11,14-15H,7-10,12-13H2,1-6H3,(H2,19,20,21);1H. The van der Waals surface area contributed by atoms with Crippen LogP contribution in [0.5, 0.6) is 0 Å². The summed E-state index contributed by atoms with van der Waals surface area (Å²) in [5.41, 5.74) is 2.31. The first-order valence-electron chi connectivity index (χ1n) is 8.94. The Labute approximate surface area is 165 Å². The van der Waals surface area contributed by atoms with E-state index in [2.05, 4.69) is 59.2 Å². The van der Waals surface area contributed by atoms with Gasteiger partial charge < -0.3 is 10.6 Å². The second-order valence-electron chi connectivity index (χ2n) is 6.71. The van der Waals surface area contributed by atoms with E-state index in [9.17, 15) is 0 Å². The first kappa shape index (κ1) is 23.2. The Kier molecular flexibility index (Phi) is 12.1. The average Bonchev–Trinajstić information content (AvgIpc) is 2.81. The normalized spacial score (nSPS) is 14.0. The molecule has 0 aliphatic carbocycles. The highest BCUT2D eigenvalue weighted by atomic mass is 127. The van der Waals surface area contributed by atoms with Crippen LogP contribution in [0, 0.1) is 19.8 Å². The van der Waals surface area contributed by atoms with Crippen LogP contribution in [0.3, 0.4) is 0 Å². The zero-order valence-electron chi connectivity index (χ0n) is 16.2. The van der Waals surface area contributed by atoms with Crippen LogP contribution in [0.4, 0.5) is 0 Å². The molecule has 0 amide bonds. The number of aliphatic imine (C=N–C) groups is 1. The van der Waals surface area contributed by atoms with Gasteiger partial charge in [-0.15, -0.1) is 24.0 Å². The molecule has 1 rings (SSSR count). The predicted molar refractivity (Wildman–Crippen MR) is 114 cm³/mol. The summed E-state index contributed by atoms with van der Waals surface area (Å²) in [5, 5.41) is 11.4. The van der Waals surface area contributed by atoms with Gasteiger partial charge in [-0.25, -0.2) is 0 Å². The minimum Gasteiger partial charge on any atom is -0.356 e. The SMILES string of the molecule is CCCCCC(C)NC(=NC)NCC(C)Cn1nc(C)cc1C.I. The second-order valence-corrected chi connectivity index (χ2v) is 6.71. The Hall–Kier alpha value is -0.790. The molecule has 0 spiro atoms. The predicted octanol–water partition coefficient (Wildman–Crippen LogP) is 3.89. The monoisotopic (exact) mass is 449 g/mol. The molecule has 0 bridgehead atoms. The number of nitrogens with one attached hydrogen (secondary N) is 2. The van der Waals surface area contributed by atoms with Crippen molar-refractivity contribution in [2.45, 2.75) is 72.9 Å². The minimum atomic E-state index is 0. The van der Waals surface area contributed by atoms with Gasteiger partial charge in [-0.1, -0.05) is 33.1 Å². The molecule has 0 saturated heterocycles. The van der Waals surface area contributed by atoms with Crippen LogP contribution >= 0.6 is 24.0 Å². The van der Waals surface area contributed by atoms with E-state index in [1.807, 2.05) is 14.0 Å². The van der Waals surface area contributed by atoms with Crippen LogP contribution < -0.4 is 10.6 Å². The third-order valence-corrected chi connectivity index (χ3v) is 4.05. The summed E-state index contributed by atoms with van der Waals surface area (Å²) in [6.07, 6.45) is 5.03. The molecule has 0 fully saturated rings. The number of aryl methyl sites for hydroxylation is 2. The molecule has 0 saturated carbocycles. The van der Waals surface area contributed by atoms with Gasteiger partial charge >= 0.3 is 0 Å². The zero-order chi connectivity index (χ0) is 17.2. The molecule has 5 nitrogen and oxygen atoms in total. The minimum absolute atomic E-state index is 0. The van der Waals surface area contributed by atoms with Crippen molar-refractivity contribution in [1.29, 1.82) is 0 Å². The molecule has 1 aromatic rings. The fourth-order valence-electron chi connectivity index (χ4n) is 2.69. The Morgan fingerprint density at radius 3 is 2.54 bits per heavy atom. The van der Waals surface area contributed by atoms with Crippen molar-refractivity contribution in [3.63, 3.8) is 0 Å². The molecule has 140 valence electrons. The fraction of sp³-hybridized carbons (Fsp3) is 0.778. The molecule has 1 aromatic heterocycles. The number of unbranched alkanes of at least 4 members (excludes halogenated alkanes) is 2. The van der Waals surface area contributed by atoms with Crippen molar-refractivity contribution in [1.82, 2.24) is 20.4 Å². The summed E-state index contributed by atoms with van der Waals surface area (Å²) < 4.78 is 2.09. The topological polar surface area (TPSA) is 54.2 Å². The lowest BCUT2D eigenvalue weighted by Gasteiger charge is -2.20. The smallest absolute Gasteiger partial charge is 0.191 e. The summed E-state index contributed by atoms with van der Waals surface area (Å²) in [7, 11) is 1.83. The third kappa shape index (κ3) is 8.89. The zero-order valence-corrected chi connectivity index (χ0v) is 18.6. The quantitative estimate of drug-likeness (QED) is 0.260. The second kappa shape index (κ2) is 12.6. The fourth-order valence-corrected chi connectivity index (χ4v) is 2.69. The molecule has 0 aromatic carbocycles. The van der Waals surface area contributed by atoms with Crippen molar-refractivity contribution in [2.24, 2.45) is 10.9 Å². The number of aromatic nitrogens is 2. The molecular weight excluding hydrogens is 413 g/mol. The van der Waals surface area contributed by atoms with Crippen LogP contribution in [-0.2, 0) is 6.54 Å². The maximum Gasteiger partial charge on any atom is 0.191 e. The van der Waals surface area contributed by atoms with Gasteiger partial charge in [-0.05, 0) is 39.2 Å². The maximum absolute atomic E-state index is 4.53. The molecule has 6 heteroatoms. The van der Waals surface area contributed by atoms with Gasteiger partial charge in [0.2, 0.25) is 0 Å². The molecule has 0 radical (unpaired) electrons. The van der Waals surface area contributed by atoms with Gasteiger partial charge in [0.25, 0.3) is 0 Å². The van der Waals surface area contributed by atoms with E-state index in [4.69, 9.17) is 0 Å². The van der Waals surface area contributed by atoms with E-state index in [0.29, 0.717) is 12.0 Å². The maximum atomic E-state index is 4.53.